The number of esters is 1. The lowest BCUT2D eigenvalue weighted by atomic mass is 10.0. The minimum Gasteiger partial charge on any atom is -0.507 e. The molecule has 1 aromatic carbocycles. The van der Waals surface area contributed by atoms with E-state index in [0.29, 0.717) is 0 Å². The highest BCUT2D eigenvalue weighted by Gasteiger charge is 2.17. The Labute approximate surface area is 121 Å². The van der Waals surface area contributed by atoms with Gasteiger partial charge in [-0.2, -0.15) is 5.26 Å². The maximum absolute atomic E-state index is 11.7. The first-order chi connectivity index (χ1) is 9.86. The van der Waals surface area contributed by atoms with Crippen molar-refractivity contribution in [3.05, 3.63) is 34.9 Å². The minimum atomic E-state index is -1.35. The number of phenols is 1. The summed E-state index contributed by atoms with van der Waals surface area (Å²) in [5.74, 6) is -2.51. The van der Waals surface area contributed by atoms with E-state index in [4.69, 9.17) is 15.1 Å². The predicted octanol–water partition coefficient (Wildman–Crippen LogP) is 2.20. The second-order valence-corrected chi connectivity index (χ2v) is 4.71. The van der Waals surface area contributed by atoms with Crippen LogP contribution in [0.3, 0.4) is 0 Å². The summed E-state index contributed by atoms with van der Waals surface area (Å²) in [6, 6.07) is 5.69. The molecule has 0 saturated heterocycles. The van der Waals surface area contributed by atoms with Crippen LogP contribution in [0.1, 0.15) is 29.8 Å². The standard InChI is InChI=1S/C15H15NO5/c1-9(2)8-21-15(20)11(7-16)6-10-4-3-5-12(17)13(10)14(18)19/h3-6,9,17H,8H2,1-2H3,(H,18,19)/b11-6+. The quantitative estimate of drug-likeness (QED) is 0.488. The van der Waals surface area contributed by atoms with Crippen molar-refractivity contribution in [3.63, 3.8) is 0 Å². The SMILES string of the molecule is CC(C)COC(=O)/C(C#N)=C/c1cccc(O)c1C(=O)O. The van der Waals surface area contributed by atoms with Crippen LogP contribution in [0.4, 0.5) is 0 Å². The number of hydrogen-bond donors (Lipinski definition) is 2. The van der Waals surface area contributed by atoms with Crippen LogP contribution in [-0.2, 0) is 9.53 Å². The Kier molecular flexibility index (Phi) is 5.49. The first-order valence-corrected chi connectivity index (χ1v) is 6.21. The van der Waals surface area contributed by atoms with Crippen molar-refractivity contribution in [1.29, 1.82) is 5.26 Å². The molecule has 0 aromatic heterocycles. The van der Waals surface area contributed by atoms with Gasteiger partial charge in [0, 0.05) is 0 Å². The number of ether oxygens (including phenoxy) is 1. The largest absolute Gasteiger partial charge is 0.507 e. The fraction of sp³-hybridized carbons (Fsp3) is 0.267. The van der Waals surface area contributed by atoms with Crippen LogP contribution >= 0.6 is 0 Å². The number of hydrogen-bond acceptors (Lipinski definition) is 5. The lowest BCUT2D eigenvalue weighted by molar-refractivity contribution is -0.139. The molecule has 0 aliphatic rings. The number of rotatable bonds is 5. The van der Waals surface area contributed by atoms with E-state index >= 15 is 0 Å². The molecule has 0 heterocycles. The van der Waals surface area contributed by atoms with Crippen molar-refractivity contribution < 1.29 is 24.5 Å². The van der Waals surface area contributed by atoms with E-state index in [1.807, 2.05) is 13.8 Å². The molecule has 110 valence electrons. The number of nitrogens with zero attached hydrogens (tertiary/aromatic N) is 1. The van der Waals surface area contributed by atoms with Gasteiger partial charge in [0.15, 0.2) is 0 Å². The van der Waals surface area contributed by atoms with Gasteiger partial charge >= 0.3 is 11.9 Å². The normalized spacial score (nSPS) is 11.0. The van der Waals surface area contributed by atoms with E-state index in [2.05, 4.69) is 0 Å². The number of carboxylic acids is 1. The van der Waals surface area contributed by atoms with Gasteiger partial charge in [-0.25, -0.2) is 9.59 Å². The van der Waals surface area contributed by atoms with Crippen LogP contribution in [0.2, 0.25) is 0 Å². The van der Waals surface area contributed by atoms with Crippen LogP contribution in [0.25, 0.3) is 6.08 Å². The van der Waals surface area contributed by atoms with E-state index in [-0.39, 0.29) is 29.2 Å². The third-order valence-electron chi connectivity index (χ3n) is 2.48. The molecule has 0 fully saturated rings. The zero-order chi connectivity index (χ0) is 16.0. The highest BCUT2D eigenvalue weighted by atomic mass is 16.5. The molecule has 0 spiro atoms. The van der Waals surface area contributed by atoms with Crippen molar-refractivity contribution in [3.8, 4) is 11.8 Å². The Hall–Kier alpha value is -2.81. The molecule has 0 bridgehead atoms. The number of carboxylic acid groups (broad SMARTS) is 1. The fourth-order valence-corrected chi connectivity index (χ4v) is 1.52. The zero-order valence-corrected chi connectivity index (χ0v) is 11.7. The maximum Gasteiger partial charge on any atom is 0.348 e. The second kappa shape index (κ2) is 7.10. The summed E-state index contributed by atoms with van der Waals surface area (Å²) in [6.07, 6.45) is 1.09. The van der Waals surface area contributed by atoms with E-state index < -0.39 is 17.7 Å². The summed E-state index contributed by atoms with van der Waals surface area (Å²) >= 11 is 0. The molecule has 0 radical (unpaired) electrons. The Morgan fingerprint density at radius 3 is 2.62 bits per heavy atom. The van der Waals surface area contributed by atoms with Gasteiger partial charge in [-0.05, 0) is 23.6 Å². The van der Waals surface area contributed by atoms with Gasteiger partial charge in [0.1, 0.15) is 23.0 Å². The third kappa shape index (κ3) is 4.35. The van der Waals surface area contributed by atoms with E-state index in [0.717, 1.165) is 6.08 Å². The van der Waals surface area contributed by atoms with Crippen molar-refractivity contribution in [2.45, 2.75) is 13.8 Å². The summed E-state index contributed by atoms with van der Waals surface area (Å²) < 4.78 is 4.92. The average Bonchev–Trinajstić information content (AvgIpc) is 2.41. The highest BCUT2D eigenvalue weighted by Crippen LogP contribution is 2.23. The summed E-state index contributed by atoms with van der Waals surface area (Å²) in [5, 5.41) is 27.6. The Bertz CT molecular complexity index is 625. The molecule has 0 amide bonds. The maximum atomic E-state index is 11.7. The number of aromatic carboxylic acids is 1. The van der Waals surface area contributed by atoms with Crippen LogP contribution in [0, 0.1) is 17.2 Å². The first-order valence-electron chi connectivity index (χ1n) is 6.21. The van der Waals surface area contributed by atoms with Crippen molar-refractivity contribution in [1.82, 2.24) is 0 Å². The lowest BCUT2D eigenvalue weighted by Gasteiger charge is -2.07. The van der Waals surface area contributed by atoms with E-state index in [9.17, 15) is 14.7 Å². The molecule has 0 aliphatic heterocycles. The number of carbonyl (C=O) groups excluding carboxylic acids is 1. The summed E-state index contributed by atoms with van der Waals surface area (Å²) in [6.45, 7) is 3.85. The predicted molar refractivity (Wildman–Crippen MR) is 74.5 cm³/mol. The summed E-state index contributed by atoms with van der Waals surface area (Å²) in [4.78, 5) is 22.8. The number of benzene rings is 1. The summed E-state index contributed by atoms with van der Waals surface area (Å²) in [5.41, 5.74) is -0.647. The minimum absolute atomic E-state index is 0.0561. The number of nitriles is 1. The third-order valence-corrected chi connectivity index (χ3v) is 2.48. The van der Waals surface area contributed by atoms with Gasteiger partial charge in [-0.3, -0.25) is 0 Å². The van der Waals surface area contributed by atoms with Crippen LogP contribution in [0.5, 0.6) is 5.75 Å². The molecule has 0 aliphatic carbocycles. The van der Waals surface area contributed by atoms with Gasteiger partial charge in [-0.1, -0.05) is 26.0 Å². The summed E-state index contributed by atoms with van der Waals surface area (Å²) in [7, 11) is 0. The molecule has 2 N–H and O–H groups in total. The van der Waals surface area contributed by atoms with Gasteiger partial charge < -0.3 is 14.9 Å². The average molecular weight is 289 g/mol. The van der Waals surface area contributed by atoms with E-state index in [1.54, 1.807) is 6.07 Å². The van der Waals surface area contributed by atoms with Crippen LogP contribution < -0.4 is 0 Å². The molecular weight excluding hydrogens is 274 g/mol. The lowest BCUT2D eigenvalue weighted by Crippen LogP contribution is -2.11. The fourth-order valence-electron chi connectivity index (χ4n) is 1.52. The molecule has 6 nitrogen and oxygen atoms in total. The van der Waals surface area contributed by atoms with Crippen molar-refractivity contribution in [2.24, 2.45) is 5.92 Å². The molecule has 1 aromatic rings. The molecule has 6 heteroatoms. The Morgan fingerprint density at radius 1 is 1.43 bits per heavy atom. The van der Waals surface area contributed by atoms with Gasteiger partial charge in [0.05, 0.1) is 6.61 Å². The van der Waals surface area contributed by atoms with Gasteiger partial charge in [0.2, 0.25) is 0 Å². The van der Waals surface area contributed by atoms with Crippen molar-refractivity contribution in [2.75, 3.05) is 6.61 Å². The number of aromatic hydroxyl groups is 1. The topological polar surface area (TPSA) is 108 Å². The Morgan fingerprint density at radius 2 is 2.10 bits per heavy atom. The molecular formula is C15H15NO5. The second-order valence-electron chi connectivity index (χ2n) is 4.71. The highest BCUT2D eigenvalue weighted by molar-refractivity contribution is 6.01. The monoisotopic (exact) mass is 289 g/mol. The molecule has 0 atom stereocenters. The molecule has 21 heavy (non-hydrogen) atoms. The van der Waals surface area contributed by atoms with Gasteiger partial charge in [0.25, 0.3) is 0 Å². The van der Waals surface area contributed by atoms with Crippen LogP contribution in [-0.4, -0.2) is 28.8 Å². The zero-order valence-electron chi connectivity index (χ0n) is 11.7. The molecule has 1 rings (SSSR count). The number of carbonyl (C=O) groups is 2. The Balaban J connectivity index is 3.15. The van der Waals surface area contributed by atoms with Crippen molar-refractivity contribution >= 4 is 18.0 Å². The smallest absolute Gasteiger partial charge is 0.348 e. The van der Waals surface area contributed by atoms with Gasteiger partial charge in [-0.15, -0.1) is 0 Å². The first kappa shape index (κ1) is 16.2. The molecule has 0 unspecified atom stereocenters. The molecule has 0 saturated carbocycles. The van der Waals surface area contributed by atoms with Crippen LogP contribution in [0.15, 0.2) is 23.8 Å². The van der Waals surface area contributed by atoms with E-state index in [1.165, 1.54) is 18.2 Å².